The van der Waals surface area contributed by atoms with Gasteiger partial charge in [-0.15, -0.1) is 25.6 Å². The van der Waals surface area contributed by atoms with Gasteiger partial charge in [0.1, 0.15) is 5.75 Å². The Morgan fingerprint density at radius 2 is 1.69 bits per heavy atom. The molecule has 0 unspecified atom stereocenters. The number of hydrogen-bond donors (Lipinski definition) is 3. The number of nitrogens with two attached hydrogens (primary N) is 1. The summed E-state index contributed by atoms with van der Waals surface area (Å²) in [7, 11) is 0. The predicted octanol–water partition coefficient (Wildman–Crippen LogP) is 3.27. The summed E-state index contributed by atoms with van der Waals surface area (Å²) in [6, 6.07) is 11.9. The molecule has 158 valence electrons. The Morgan fingerprint density at radius 1 is 1.03 bits per heavy atom. The first-order chi connectivity index (χ1) is 13.3. The summed E-state index contributed by atoms with van der Waals surface area (Å²) in [6.07, 6.45) is -4.33. The molecule has 4 N–H and O–H groups in total. The average molecular weight is 432 g/mol. The van der Waals surface area contributed by atoms with Crippen molar-refractivity contribution in [3.8, 4) is 5.75 Å². The zero-order chi connectivity index (χ0) is 20.6. The highest BCUT2D eigenvalue weighted by Crippen LogP contribution is 2.23. The first-order valence-electron chi connectivity index (χ1n) is 8.50. The fourth-order valence-electron chi connectivity index (χ4n) is 2.40. The normalized spacial score (nSPS) is 10.6. The molecule has 0 spiro atoms. The van der Waals surface area contributed by atoms with Gasteiger partial charge in [0.2, 0.25) is 5.91 Å². The fourth-order valence-corrected chi connectivity index (χ4v) is 2.40. The number of alkyl halides is 3. The smallest absolute Gasteiger partial charge is 0.406 e. The zero-order valence-corrected chi connectivity index (χ0v) is 16.1. The van der Waals surface area contributed by atoms with Crippen molar-refractivity contribution in [1.82, 2.24) is 5.32 Å². The standard InChI is InChI=1S/C19H20F3N3O3.ClH/c20-19(21,22)28-14-8-5-13(6-9-14)7-10-17(26)25-16-4-2-1-3-15(16)18(27)24-12-11-23;/h1-6,8-9H,7,10-12,23H2,(H,24,27)(H,25,26);1H. The first-order valence-corrected chi connectivity index (χ1v) is 8.50. The molecule has 2 aromatic rings. The molecule has 0 aliphatic heterocycles. The monoisotopic (exact) mass is 431 g/mol. The lowest BCUT2D eigenvalue weighted by Gasteiger charge is -2.11. The third-order valence-corrected chi connectivity index (χ3v) is 3.67. The third-order valence-electron chi connectivity index (χ3n) is 3.67. The quantitative estimate of drug-likeness (QED) is 0.598. The van der Waals surface area contributed by atoms with Crippen LogP contribution in [0, 0.1) is 0 Å². The first kappa shape index (κ1) is 24.3. The van der Waals surface area contributed by atoms with E-state index in [0.29, 0.717) is 36.3 Å². The summed E-state index contributed by atoms with van der Waals surface area (Å²) in [5, 5.41) is 5.31. The number of benzene rings is 2. The van der Waals surface area contributed by atoms with Gasteiger partial charge >= 0.3 is 6.36 Å². The van der Waals surface area contributed by atoms with Crippen LogP contribution in [0.15, 0.2) is 48.5 Å². The van der Waals surface area contributed by atoms with Crippen molar-refractivity contribution in [2.75, 3.05) is 18.4 Å². The van der Waals surface area contributed by atoms with Crippen LogP contribution in [0.25, 0.3) is 0 Å². The molecule has 0 aliphatic carbocycles. The van der Waals surface area contributed by atoms with Crippen LogP contribution in [0.5, 0.6) is 5.75 Å². The third kappa shape index (κ3) is 8.41. The van der Waals surface area contributed by atoms with E-state index < -0.39 is 6.36 Å². The predicted molar refractivity (Wildman–Crippen MR) is 105 cm³/mol. The Labute approximate surface area is 172 Å². The molecule has 2 aromatic carbocycles. The van der Waals surface area contributed by atoms with Gasteiger partial charge in [0.25, 0.3) is 5.91 Å². The van der Waals surface area contributed by atoms with E-state index >= 15 is 0 Å². The van der Waals surface area contributed by atoms with Crippen molar-refractivity contribution in [2.24, 2.45) is 5.73 Å². The molecule has 0 radical (unpaired) electrons. The lowest BCUT2D eigenvalue weighted by atomic mass is 10.1. The minimum Gasteiger partial charge on any atom is -0.406 e. The van der Waals surface area contributed by atoms with E-state index in [1.807, 2.05) is 0 Å². The molecule has 0 bridgehead atoms. The maximum Gasteiger partial charge on any atom is 0.573 e. The topological polar surface area (TPSA) is 93.5 Å². The lowest BCUT2D eigenvalue weighted by molar-refractivity contribution is -0.274. The highest BCUT2D eigenvalue weighted by Gasteiger charge is 2.30. The Balaban J connectivity index is 0.00000420. The maximum absolute atomic E-state index is 12.2. The number of halogens is 4. The summed E-state index contributed by atoms with van der Waals surface area (Å²) < 4.78 is 40.3. The van der Waals surface area contributed by atoms with Crippen LogP contribution < -0.4 is 21.1 Å². The average Bonchev–Trinajstić information content (AvgIpc) is 2.65. The van der Waals surface area contributed by atoms with Crippen LogP contribution in [0.1, 0.15) is 22.3 Å². The molecular weight excluding hydrogens is 411 g/mol. The van der Waals surface area contributed by atoms with Gasteiger partial charge in [-0.25, -0.2) is 0 Å². The van der Waals surface area contributed by atoms with Crippen LogP contribution in [-0.2, 0) is 11.2 Å². The molecule has 2 rings (SSSR count). The molecule has 6 nitrogen and oxygen atoms in total. The van der Waals surface area contributed by atoms with E-state index in [-0.39, 0.29) is 36.4 Å². The van der Waals surface area contributed by atoms with Crippen molar-refractivity contribution < 1.29 is 27.5 Å². The molecule has 10 heteroatoms. The van der Waals surface area contributed by atoms with Crippen molar-refractivity contribution in [3.05, 3.63) is 59.7 Å². The van der Waals surface area contributed by atoms with Gasteiger partial charge < -0.3 is 21.1 Å². The number of amides is 2. The molecule has 0 fully saturated rings. The Morgan fingerprint density at radius 3 is 2.31 bits per heavy atom. The number of carbonyl (C=O) groups is 2. The summed E-state index contributed by atoms with van der Waals surface area (Å²) in [6.45, 7) is 0.613. The SMILES string of the molecule is Cl.NCCNC(=O)c1ccccc1NC(=O)CCc1ccc(OC(F)(F)F)cc1. The van der Waals surface area contributed by atoms with Gasteiger partial charge in [0, 0.05) is 19.5 Å². The van der Waals surface area contributed by atoms with E-state index in [1.165, 1.54) is 24.3 Å². The number of nitrogens with one attached hydrogen (secondary N) is 2. The molecule has 0 saturated heterocycles. The van der Waals surface area contributed by atoms with Gasteiger partial charge in [0.05, 0.1) is 11.3 Å². The van der Waals surface area contributed by atoms with E-state index in [4.69, 9.17) is 5.73 Å². The Hall–Kier alpha value is -2.78. The molecule has 0 atom stereocenters. The minimum atomic E-state index is -4.74. The molecular formula is C19H21ClF3N3O3. The van der Waals surface area contributed by atoms with E-state index in [1.54, 1.807) is 24.3 Å². The van der Waals surface area contributed by atoms with Gasteiger partial charge in [-0.2, -0.15) is 0 Å². The maximum atomic E-state index is 12.2. The van der Waals surface area contributed by atoms with Gasteiger partial charge in [0.15, 0.2) is 0 Å². The molecule has 29 heavy (non-hydrogen) atoms. The van der Waals surface area contributed by atoms with Crippen LogP contribution in [-0.4, -0.2) is 31.3 Å². The molecule has 0 aliphatic rings. The van der Waals surface area contributed by atoms with Crippen molar-refractivity contribution in [3.63, 3.8) is 0 Å². The van der Waals surface area contributed by atoms with Crippen LogP contribution in [0.3, 0.4) is 0 Å². The van der Waals surface area contributed by atoms with Crippen LogP contribution in [0.4, 0.5) is 18.9 Å². The largest absolute Gasteiger partial charge is 0.573 e. The second-order valence-electron chi connectivity index (χ2n) is 5.83. The van der Waals surface area contributed by atoms with Crippen LogP contribution in [0.2, 0.25) is 0 Å². The van der Waals surface area contributed by atoms with E-state index in [2.05, 4.69) is 15.4 Å². The number of rotatable bonds is 8. The Bertz CT molecular complexity index is 814. The molecule has 2 amide bonds. The lowest BCUT2D eigenvalue weighted by Crippen LogP contribution is -2.30. The number of anilines is 1. The van der Waals surface area contributed by atoms with Gasteiger partial charge in [-0.05, 0) is 36.2 Å². The number of carbonyl (C=O) groups excluding carboxylic acids is 2. The van der Waals surface area contributed by atoms with Crippen molar-refractivity contribution in [2.45, 2.75) is 19.2 Å². The zero-order valence-electron chi connectivity index (χ0n) is 15.3. The summed E-state index contributed by atoms with van der Waals surface area (Å²) in [4.78, 5) is 24.3. The van der Waals surface area contributed by atoms with E-state index in [0.717, 1.165) is 0 Å². The van der Waals surface area contributed by atoms with E-state index in [9.17, 15) is 22.8 Å². The van der Waals surface area contributed by atoms with Crippen molar-refractivity contribution >= 4 is 29.9 Å². The molecule has 0 heterocycles. The number of aryl methyl sites for hydroxylation is 1. The number of para-hydroxylation sites is 1. The van der Waals surface area contributed by atoms with Crippen molar-refractivity contribution in [1.29, 1.82) is 0 Å². The van der Waals surface area contributed by atoms with Crippen LogP contribution >= 0.6 is 12.4 Å². The highest BCUT2D eigenvalue weighted by molar-refractivity contribution is 6.03. The molecule has 0 saturated carbocycles. The number of hydrogen-bond acceptors (Lipinski definition) is 4. The number of ether oxygens (including phenoxy) is 1. The van der Waals surface area contributed by atoms with Gasteiger partial charge in [-0.3, -0.25) is 9.59 Å². The molecule has 0 aromatic heterocycles. The highest BCUT2D eigenvalue weighted by atomic mass is 35.5. The van der Waals surface area contributed by atoms with Gasteiger partial charge in [-0.1, -0.05) is 24.3 Å². The fraction of sp³-hybridized carbons (Fsp3) is 0.263. The summed E-state index contributed by atoms with van der Waals surface area (Å²) in [5.74, 6) is -0.991. The Kier molecular flexibility index (Phi) is 9.43. The minimum absolute atomic E-state index is 0. The summed E-state index contributed by atoms with van der Waals surface area (Å²) >= 11 is 0. The second-order valence-corrected chi connectivity index (χ2v) is 5.83. The summed E-state index contributed by atoms with van der Waals surface area (Å²) in [5.41, 5.74) is 6.73. The second kappa shape index (κ2) is 11.3.